The third-order valence-corrected chi connectivity index (χ3v) is 2.43. The quantitative estimate of drug-likeness (QED) is 0.755. The highest BCUT2D eigenvalue weighted by Gasteiger charge is 2.22. The number of hydrogen-bond acceptors (Lipinski definition) is 5. The first kappa shape index (κ1) is 11.8. The van der Waals surface area contributed by atoms with E-state index in [-0.39, 0.29) is 11.7 Å². The Hall–Kier alpha value is -1.27. The molecule has 6 heteroatoms. The van der Waals surface area contributed by atoms with Crippen LogP contribution in [0.15, 0.2) is 5.38 Å². The van der Waals surface area contributed by atoms with Crippen LogP contribution in [0.25, 0.3) is 0 Å². The van der Waals surface area contributed by atoms with E-state index in [9.17, 15) is 9.59 Å². The van der Waals surface area contributed by atoms with E-state index in [0.29, 0.717) is 10.8 Å². The third kappa shape index (κ3) is 3.10. The number of nitrogens with zero attached hydrogens (tertiary/aromatic N) is 1. The zero-order chi connectivity index (χ0) is 11.6. The molecule has 0 fully saturated rings. The monoisotopic (exact) mass is 227 g/mol. The van der Waals surface area contributed by atoms with Gasteiger partial charge in [0.05, 0.1) is 5.54 Å². The fourth-order valence-corrected chi connectivity index (χ4v) is 1.50. The lowest BCUT2D eigenvalue weighted by atomic mass is 10.1. The molecule has 1 amide bonds. The fraction of sp³-hybridized carbons (Fsp3) is 0.444. The number of thiazole rings is 1. The minimum atomic E-state index is -0.956. The van der Waals surface area contributed by atoms with Crippen LogP contribution >= 0.6 is 11.3 Å². The molecule has 3 N–H and O–H groups in total. The van der Waals surface area contributed by atoms with Crippen molar-refractivity contribution in [3.8, 4) is 0 Å². The maximum Gasteiger partial charge on any atom is 0.245 e. The van der Waals surface area contributed by atoms with Gasteiger partial charge in [0, 0.05) is 12.3 Å². The standard InChI is InChI=1S/C9H13N3O2S/c1-5(13)6-4-15-8(11-6)12-7(14)9(2,3)10/h4H,10H2,1-3H3,(H,11,12,14). The molecule has 0 unspecified atom stereocenters. The maximum absolute atomic E-state index is 11.5. The third-order valence-electron chi connectivity index (χ3n) is 1.67. The molecule has 0 aliphatic heterocycles. The van der Waals surface area contributed by atoms with Crippen molar-refractivity contribution >= 4 is 28.2 Å². The Morgan fingerprint density at radius 2 is 2.13 bits per heavy atom. The molecule has 0 saturated carbocycles. The van der Waals surface area contributed by atoms with Gasteiger partial charge in [0.15, 0.2) is 10.9 Å². The highest BCUT2D eigenvalue weighted by Crippen LogP contribution is 2.16. The molecule has 0 saturated heterocycles. The minimum Gasteiger partial charge on any atom is -0.318 e. The summed E-state index contributed by atoms with van der Waals surface area (Å²) in [5.41, 5.74) is 4.99. The largest absolute Gasteiger partial charge is 0.318 e. The molecule has 0 aliphatic carbocycles. The summed E-state index contributed by atoms with van der Waals surface area (Å²) in [6.45, 7) is 4.62. The SMILES string of the molecule is CC(=O)c1csc(NC(=O)C(C)(C)N)n1. The van der Waals surface area contributed by atoms with Gasteiger partial charge in [-0.25, -0.2) is 4.98 Å². The highest BCUT2D eigenvalue weighted by atomic mass is 32.1. The van der Waals surface area contributed by atoms with Crippen LogP contribution in [0.4, 0.5) is 5.13 Å². The van der Waals surface area contributed by atoms with E-state index in [1.54, 1.807) is 19.2 Å². The highest BCUT2D eigenvalue weighted by molar-refractivity contribution is 7.14. The van der Waals surface area contributed by atoms with Crippen molar-refractivity contribution in [2.24, 2.45) is 5.73 Å². The van der Waals surface area contributed by atoms with Gasteiger partial charge in [0.1, 0.15) is 5.69 Å². The number of anilines is 1. The van der Waals surface area contributed by atoms with E-state index >= 15 is 0 Å². The van der Waals surface area contributed by atoms with Crippen LogP contribution in [0.5, 0.6) is 0 Å². The van der Waals surface area contributed by atoms with Crippen LogP contribution in [0, 0.1) is 0 Å². The molecular formula is C9H13N3O2S. The van der Waals surface area contributed by atoms with E-state index < -0.39 is 5.54 Å². The zero-order valence-corrected chi connectivity index (χ0v) is 9.64. The lowest BCUT2D eigenvalue weighted by Gasteiger charge is -2.16. The van der Waals surface area contributed by atoms with Gasteiger partial charge in [-0.15, -0.1) is 11.3 Å². The second-order valence-electron chi connectivity index (χ2n) is 3.77. The molecule has 5 nitrogen and oxygen atoms in total. The number of Topliss-reactive ketones (excluding diaryl/α,β-unsaturated/α-hetero) is 1. The van der Waals surface area contributed by atoms with E-state index in [1.807, 2.05) is 0 Å². The number of rotatable bonds is 3. The van der Waals surface area contributed by atoms with Gasteiger partial charge in [-0.3, -0.25) is 9.59 Å². The molecule has 0 atom stereocenters. The van der Waals surface area contributed by atoms with Crippen molar-refractivity contribution in [2.75, 3.05) is 5.32 Å². The van der Waals surface area contributed by atoms with Gasteiger partial charge in [-0.1, -0.05) is 0 Å². The number of amides is 1. The van der Waals surface area contributed by atoms with Crippen LogP contribution in [0.2, 0.25) is 0 Å². The van der Waals surface area contributed by atoms with Crippen LogP contribution in [0.3, 0.4) is 0 Å². The number of nitrogens with two attached hydrogens (primary N) is 1. The second-order valence-corrected chi connectivity index (χ2v) is 4.63. The predicted octanol–water partition coefficient (Wildman–Crippen LogP) is 1.02. The van der Waals surface area contributed by atoms with Gasteiger partial charge in [0.25, 0.3) is 0 Å². The normalized spacial score (nSPS) is 11.2. The average Bonchev–Trinajstić information content (AvgIpc) is 2.50. The molecule has 82 valence electrons. The van der Waals surface area contributed by atoms with Crippen molar-refractivity contribution < 1.29 is 9.59 Å². The average molecular weight is 227 g/mol. The Morgan fingerprint density at radius 3 is 2.53 bits per heavy atom. The summed E-state index contributed by atoms with van der Waals surface area (Å²) in [7, 11) is 0. The number of carbonyl (C=O) groups excluding carboxylic acids is 2. The van der Waals surface area contributed by atoms with E-state index in [0.717, 1.165) is 0 Å². The Morgan fingerprint density at radius 1 is 1.53 bits per heavy atom. The smallest absolute Gasteiger partial charge is 0.245 e. The lowest BCUT2D eigenvalue weighted by molar-refractivity contribution is -0.120. The van der Waals surface area contributed by atoms with E-state index in [2.05, 4.69) is 10.3 Å². The zero-order valence-electron chi connectivity index (χ0n) is 8.83. The first-order valence-electron chi connectivity index (χ1n) is 4.37. The first-order chi connectivity index (χ1) is 6.80. The molecule has 1 rings (SSSR count). The number of ketones is 1. The van der Waals surface area contributed by atoms with Crippen molar-refractivity contribution in [1.29, 1.82) is 0 Å². The molecule has 1 aromatic heterocycles. The number of aromatic nitrogens is 1. The molecule has 1 heterocycles. The van der Waals surface area contributed by atoms with Gasteiger partial charge in [-0.05, 0) is 13.8 Å². The number of carbonyl (C=O) groups is 2. The van der Waals surface area contributed by atoms with Gasteiger partial charge < -0.3 is 11.1 Å². The minimum absolute atomic E-state index is 0.126. The summed E-state index contributed by atoms with van der Waals surface area (Å²) >= 11 is 1.20. The summed E-state index contributed by atoms with van der Waals surface area (Å²) < 4.78 is 0. The Balaban J connectivity index is 2.74. The van der Waals surface area contributed by atoms with E-state index in [1.165, 1.54) is 18.3 Å². The van der Waals surface area contributed by atoms with Crippen molar-refractivity contribution in [2.45, 2.75) is 26.3 Å². The van der Waals surface area contributed by atoms with Crippen molar-refractivity contribution in [1.82, 2.24) is 4.98 Å². The predicted molar refractivity (Wildman–Crippen MR) is 59.0 cm³/mol. The number of nitrogens with one attached hydrogen (secondary N) is 1. The molecule has 1 aromatic rings. The van der Waals surface area contributed by atoms with E-state index in [4.69, 9.17) is 5.73 Å². The Bertz CT molecular complexity index is 392. The molecule has 0 bridgehead atoms. The maximum atomic E-state index is 11.5. The summed E-state index contributed by atoms with van der Waals surface area (Å²) in [5, 5.41) is 4.54. The summed E-state index contributed by atoms with van der Waals surface area (Å²) in [6.07, 6.45) is 0. The van der Waals surface area contributed by atoms with Crippen molar-refractivity contribution in [3.05, 3.63) is 11.1 Å². The molecule has 0 aliphatic rings. The molecule has 0 radical (unpaired) electrons. The van der Waals surface area contributed by atoms with Gasteiger partial charge in [0.2, 0.25) is 5.91 Å². The van der Waals surface area contributed by atoms with Crippen LogP contribution < -0.4 is 11.1 Å². The Kier molecular flexibility index (Phi) is 3.21. The second kappa shape index (κ2) is 4.08. The van der Waals surface area contributed by atoms with Gasteiger partial charge in [-0.2, -0.15) is 0 Å². The topological polar surface area (TPSA) is 85.1 Å². The van der Waals surface area contributed by atoms with Crippen LogP contribution in [0.1, 0.15) is 31.3 Å². The fourth-order valence-electron chi connectivity index (χ4n) is 0.751. The van der Waals surface area contributed by atoms with Gasteiger partial charge >= 0.3 is 0 Å². The number of hydrogen-bond donors (Lipinski definition) is 2. The van der Waals surface area contributed by atoms with Crippen LogP contribution in [-0.2, 0) is 4.79 Å². The van der Waals surface area contributed by atoms with Crippen LogP contribution in [-0.4, -0.2) is 22.2 Å². The molecular weight excluding hydrogens is 214 g/mol. The summed E-state index contributed by atoms with van der Waals surface area (Å²) in [4.78, 5) is 26.4. The summed E-state index contributed by atoms with van der Waals surface area (Å²) in [5.74, 6) is -0.453. The molecule has 0 aromatic carbocycles. The molecule has 0 spiro atoms. The van der Waals surface area contributed by atoms with Crippen molar-refractivity contribution in [3.63, 3.8) is 0 Å². The lowest BCUT2D eigenvalue weighted by Crippen LogP contribution is -2.45. The Labute approximate surface area is 91.7 Å². The first-order valence-corrected chi connectivity index (χ1v) is 5.25. The molecule has 15 heavy (non-hydrogen) atoms. The summed E-state index contributed by atoms with van der Waals surface area (Å²) in [6, 6.07) is 0.